The molecule has 0 radical (unpaired) electrons. The number of anilines is 2. The summed E-state index contributed by atoms with van der Waals surface area (Å²) in [7, 11) is 0. The molecule has 9 heteroatoms. The predicted molar refractivity (Wildman–Crippen MR) is 111 cm³/mol. The van der Waals surface area contributed by atoms with E-state index < -0.39 is 0 Å². The van der Waals surface area contributed by atoms with Crippen molar-refractivity contribution in [2.45, 2.75) is 30.6 Å². The average molecular weight is 410 g/mol. The van der Waals surface area contributed by atoms with Crippen molar-refractivity contribution < 1.29 is 0 Å². The molecule has 3 aromatic heterocycles. The maximum atomic E-state index is 8.95. The molecule has 1 atom stereocenters. The Balaban J connectivity index is 1.48. The number of pyridine rings is 1. The molecule has 0 amide bonds. The number of nitriles is 1. The van der Waals surface area contributed by atoms with Crippen LogP contribution in [-0.4, -0.2) is 37.6 Å². The van der Waals surface area contributed by atoms with Crippen LogP contribution in [0.2, 0.25) is 0 Å². The molecule has 4 rings (SSSR count). The van der Waals surface area contributed by atoms with Crippen molar-refractivity contribution in [1.29, 1.82) is 5.26 Å². The van der Waals surface area contributed by atoms with Crippen molar-refractivity contribution in [3.63, 3.8) is 0 Å². The summed E-state index contributed by atoms with van der Waals surface area (Å²) >= 11 is 2.87. The number of thiazole rings is 1. The highest BCUT2D eigenvalue weighted by atomic mass is 32.2. The van der Waals surface area contributed by atoms with Gasteiger partial charge < -0.3 is 5.32 Å². The third-order valence-electron chi connectivity index (χ3n) is 4.58. The first-order valence-electron chi connectivity index (χ1n) is 8.94. The summed E-state index contributed by atoms with van der Waals surface area (Å²) in [5.41, 5.74) is 2.16. The fourth-order valence-electron chi connectivity index (χ4n) is 3.31. The van der Waals surface area contributed by atoms with Crippen molar-refractivity contribution >= 4 is 34.0 Å². The van der Waals surface area contributed by atoms with E-state index in [9.17, 15) is 0 Å². The molecule has 0 aliphatic carbocycles. The zero-order valence-corrected chi connectivity index (χ0v) is 17.0. The molecular formula is C19H19N7S2. The van der Waals surface area contributed by atoms with Crippen molar-refractivity contribution in [3.8, 4) is 6.07 Å². The van der Waals surface area contributed by atoms with E-state index in [2.05, 4.69) is 37.3 Å². The van der Waals surface area contributed by atoms with Crippen molar-refractivity contribution in [2.24, 2.45) is 0 Å². The first-order chi connectivity index (χ1) is 13.7. The zero-order valence-electron chi connectivity index (χ0n) is 15.4. The van der Waals surface area contributed by atoms with Gasteiger partial charge in [-0.1, -0.05) is 29.2 Å². The molecule has 0 aromatic carbocycles. The Morgan fingerprint density at radius 1 is 1.29 bits per heavy atom. The van der Waals surface area contributed by atoms with Gasteiger partial charge in [0, 0.05) is 24.5 Å². The van der Waals surface area contributed by atoms with Gasteiger partial charge in [0.15, 0.2) is 10.3 Å². The summed E-state index contributed by atoms with van der Waals surface area (Å²) in [4.78, 5) is 20.8. The Hall–Kier alpha value is -2.54. The van der Waals surface area contributed by atoms with Crippen LogP contribution in [0.1, 0.15) is 35.0 Å². The fourth-order valence-corrected chi connectivity index (χ4v) is 4.25. The lowest BCUT2D eigenvalue weighted by molar-refractivity contribution is 0.244. The molecule has 1 aliphatic heterocycles. The SMILES string of the molecule is CSc1ncc(CN2CCCC2c2cccc(Nc3ncc(C#N)s3)n2)cn1. The molecule has 0 spiro atoms. The molecule has 1 N–H and O–H groups in total. The van der Waals surface area contributed by atoms with Gasteiger partial charge in [0.1, 0.15) is 16.8 Å². The number of hydrogen-bond donors (Lipinski definition) is 1. The van der Waals surface area contributed by atoms with Crippen LogP contribution in [0, 0.1) is 11.3 Å². The quantitative estimate of drug-likeness (QED) is 0.482. The second-order valence-electron chi connectivity index (χ2n) is 6.42. The summed E-state index contributed by atoms with van der Waals surface area (Å²) in [5, 5.41) is 13.6. The van der Waals surface area contributed by atoms with Gasteiger partial charge in [-0.25, -0.2) is 19.9 Å². The van der Waals surface area contributed by atoms with Crippen molar-refractivity contribution in [1.82, 2.24) is 24.8 Å². The van der Waals surface area contributed by atoms with Gasteiger partial charge >= 0.3 is 0 Å². The zero-order chi connectivity index (χ0) is 19.3. The van der Waals surface area contributed by atoms with Crippen LogP contribution in [0.4, 0.5) is 10.9 Å². The summed E-state index contributed by atoms with van der Waals surface area (Å²) in [6.45, 7) is 1.85. The summed E-state index contributed by atoms with van der Waals surface area (Å²) in [5.74, 6) is 0.746. The van der Waals surface area contributed by atoms with E-state index >= 15 is 0 Å². The van der Waals surface area contributed by atoms with E-state index in [4.69, 9.17) is 10.2 Å². The first-order valence-corrected chi connectivity index (χ1v) is 11.0. The van der Waals surface area contributed by atoms with Gasteiger partial charge in [-0.2, -0.15) is 5.26 Å². The van der Waals surface area contributed by atoms with E-state index in [-0.39, 0.29) is 6.04 Å². The molecular weight excluding hydrogens is 390 g/mol. The van der Waals surface area contributed by atoms with Gasteiger partial charge in [-0.3, -0.25) is 4.90 Å². The van der Waals surface area contributed by atoms with Gasteiger partial charge in [0.2, 0.25) is 0 Å². The summed E-state index contributed by atoms with van der Waals surface area (Å²) in [6.07, 6.45) is 9.59. The number of hydrogen-bond acceptors (Lipinski definition) is 9. The first kappa shape index (κ1) is 18.8. The van der Waals surface area contributed by atoms with E-state index in [0.717, 1.165) is 48.2 Å². The molecule has 1 unspecified atom stereocenters. The average Bonchev–Trinajstić information content (AvgIpc) is 3.38. The lowest BCUT2D eigenvalue weighted by Gasteiger charge is -2.24. The minimum absolute atomic E-state index is 0.271. The van der Waals surface area contributed by atoms with Crippen LogP contribution in [0.25, 0.3) is 0 Å². The minimum Gasteiger partial charge on any atom is -0.316 e. The van der Waals surface area contributed by atoms with Gasteiger partial charge in [0.25, 0.3) is 0 Å². The Morgan fingerprint density at radius 2 is 2.14 bits per heavy atom. The second kappa shape index (κ2) is 8.65. The third-order valence-corrected chi connectivity index (χ3v) is 5.97. The van der Waals surface area contributed by atoms with E-state index in [0.29, 0.717) is 10.0 Å². The fraction of sp³-hybridized carbons (Fsp3) is 0.316. The Morgan fingerprint density at radius 3 is 2.89 bits per heavy atom. The smallest absolute Gasteiger partial charge is 0.189 e. The molecule has 28 heavy (non-hydrogen) atoms. The van der Waals surface area contributed by atoms with Gasteiger partial charge in [-0.15, -0.1) is 0 Å². The van der Waals surface area contributed by atoms with Crippen molar-refractivity contribution in [3.05, 3.63) is 52.9 Å². The topological polar surface area (TPSA) is 90.6 Å². The minimum atomic E-state index is 0.271. The molecule has 142 valence electrons. The van der Waals surface area contributed by atoms with Crippen LogP contribution < -0.4 is 5.32 Å². The molecule has 3 aromatic rings. The number of aromatic nitrogens is 4. The number of thioether (sulfide) groups is 1. The number of nitrogens with one attached hydrogen (secondary N) is 1. The Kier molecular flexibility index (Phi) is 5.81. The molecule has 0 saturated carbocycles. The lowest BCUT2D eigenvalue weighted by atomic mass is 10.1. The maximum Gasteiger partial charge on any atom is 0.189 e. The van der Waals surface area contributed by atoms with E-state index in [1.54, 1.807) is 18.0 Å². The number of nitrogens with zero attached hydrogens (tertiary/aromatic N) is 6. The maximum absolute atomic E-state index is 8.95. The third kappa shape index (κ3) is 4.30. The van der Waals surface area contributed by atoms with Crippen LogP contribution in [0.3, 0.4) is 0 Å². The lowest BCUT2D eigenvalue weighted by Crippen LogP contribution is -2.23. The standard InChI is InChI=1S/C19H19N7S2/c1-27-18-21-9-13(10-22-18)12-26-7-3-5-16(26)15-4-2-6-17(24-15)25-19-23-11-14(8-20)28-19/h2,4,6,9-11,16H,3,5,7,12H2,1H3,(H,23,24,25). The predicted octanol–water partition coefficient (Wildman–Crippen LogP) is 4.00. The highest BCUT2D eigenvalue weighted by Gasteiger charge is 2.27. The monoisotopic (exact) mass is 409 g/mol. The summed E-state index contributed by atoms with van der Waals surface area (Å²) in [6, 6.07) is 8.38. The van der Waals surface area contributed by atoms with E-state index in [1.165, 1.54) is 11.3 Å². The van der Waals surface area contributed by atoms with E-state index in [1.807, 2.05) is 30.8 Å². The molecule has 1 fully saturated rings. The molecule has 0 bridgehead atoms. The molecule has 4 heterocycles. The van der Waals surface area contributed by atoms with Crippen LogP contribution in [0.5, 0.6) is 0 Å². The molecule has 1 saturated heterocycles. The van der Waals surface area contributed by atoms with Crippen LogP contribution in [-0.2, 0) is 6.54 Å². The van der Waals surface area contributed by atoms with Crippen molar-refractivity contribution in [2.75, 3.05) is 18.1 Å². The van der Waals surface area contributed by atoms with Crippen LogP contribution >= 0.6 is 23.1 Å². The number of likely N-dealkylation sites (tertiary alicyclic amines) is 1. The van der Waals surface area contributed by atoms with Crippen LogP contribution in [0.15, 0.2) is 41.9 Å². The largest absolute Gasteiger partial charge is 0.316 e. The molecule has 7 nitrogen and oxygen atoms in total. The highest BCUT2D eigenvalue weighted by Crippen LogP contribution is 2.33. The van der Waals surface area contributed by atoms with Gasteiger partial charge in [-0.05, 0) is 37.8 Å². The normalized spacial score (nSPS) is 16.8. The summed E-state index contributed by atoms with van der Waals surface area (Å²) < 4.78 is 0. The second-order valence-corrected chi connectivity index (χ2v) is 8.22. The number of rotatable bonds is 6. The Bertz CT molecular complexity index is 980. The highest BCUT2D eigenvalue weighted by molar-refractivity contribution is 7.98. The van der Waals surface area contributed by atoms with Gasteiger partial charge in [0.05, 0.1) is 17.9 Å². The molecule has 1 aliphatic rings. The Labute approximate surface area is 171 Å².